The maximum absolute atomic E-state index is 9.00. The second kappa shape index (κ2) is 98.7. The Hall–Kier alpha value is -0.251. The quantitative estimate of drug-likeness (QED) is 0.399. The number of hydrogen-bond donors (Lipinski definition) is 1. The van der Waals surface area contributed by atoms with E-state index in [0.717, 1.165) is 6.92 Å². The Balaban J connectivity index is -0.00000000214. The van der Waals surface area contributed by atoms with Crippen molar-refractivity contribution < 1.29 is 59.8 Å². The third-order valence-electron chi connectivity index (χ3n) is 0. The average Bonchev–Trinajstić information content (AvgIpc) is 0.811. The van der Waals surface area contributed by atoms with E-state index in [9.17, 15) is 0 Å². The maximum Gasteiger partial charge on any atom is 0.300 e. The van der Waals surface area contributed by atoms with Gasteiger partial charge in [-0.05, 0) is 0 Å². The molecule has 0 radical (unpaired) electrons. The van der Waals surface area contributed by atoms with E-state index in [1.807, 2.05) is 0 Å². The minimum absolute atomic E-state index is 0. The van der Waals surface area contributed by atoms with Crippen LogP contribution in [0.1, 0.15) is 6.92 Å². The van der Waals surface area contributed by atoms with Gasteiger partial charge in [-0.2, -0.15) is 0 Å². The first kappa shape index (κ1) is 135. The van der Waals surface area contributed by atoms with Crippen molar-refractivity contribution in [3.05, 3.63) is 0 Å². The van der Waals surface area contributed by atoms with Crippen LogP contribution in [0.25, 0.3) is 0 Å². The monoisotopic (exact) mass is 224 g/mol. The Bertz CT molecular complexity index is 35.1. The van der Waals surface area contributed by atoms with Gasteiger partial charge in [0.1, 0.15) is 0 Å². The molecule has 0 amide bonds. The van der Waals surface area contributed by atoms with Crippen LogP contribution < -0.4 is 0 Å². The summed E-state index contributed by atoms with van der Waals surface area (Å²) in [6, 6.07) is 0. The zero-order chi connectivity index (χ0) is 3.58. The van der Waals surface area contributed by atoms with E-state index >= 15 is 0 Å². The zero-order valence-corrected chi connectivity index (χ0v) is 6.81. The minimum atomic E-state index is -0.833. The zero-order valence-electron chi connectivity index (χ0n) is 5.71. The third-order valence-corrected chi connectivity index (χ3v) is 0. The molecule has 0 heterocycles. The summed E-state index contributed by atoms with van der Waals surface area (Å²) in [4.78, 5) is 9.00. The van der Waals surface area contributed by atoms with Gasteiger partial charge in [0.05, 0.1) is 0 Å². The topological polar surface area (TPSA) is 226 Å². The van der Waals surface area contributed by atoms with Crippen LogP contribution in [0.2, 0.25) is 0 Å². The predicted molar refractivity (Wildman–Crippen MR) is 35.0 cm³/mol. The van der Waals surface area contributed by atoms with Crippen molar-refractivity contribution in [1.29, 1.82) is 0 Å². The van der Waals surface area contributed by atoms with Crippen molar-refractivity contribution in [3.8, 4) is 0 Å². The van der Waals surface area contributed by atoms with Crippen LogP contribution in [-0.2, 0) is 21.9 Å². The second-order valence-electron chi connectivity index (χ2n) is 0.519. The molecular weight excluding hydrogens is 208 g/mol. The van der Waals surface area contributed by atoms with Gasteiger partial charge in [-0.3, -0.25) is 4.79 Å². The van der Waals surface area contributed by atoms with Gasteiger partial charge in [0, 0.05) is 24.0 Å². The molecule has 0 fully saturated rings. The van der Waals surface area contributed by atoms with Gasteiger partial charge in [0.2, 0.25) is 0 Å². The molecule has 0 aliphatic carbocycles. The Morgan fingerprint density at radius 1 is 0.909 bits per heavy atom. The fourth-order valence-corrected chi connectivity index (χ4v) is 0. The van der Waals surface area contributed by atoms with Crippen LogP contribution in [0.15, 0.2) is 0 Å². The number of carbonyl (C=O) groups is 1. The van der Waals surface area contributed by atoms with E-state index in [4.69, 9.17) is 9.90 Å². The largest absolute Gasteiger partial charge is 0.481 e. The van der Waals surface area contributed by atoms with E-state index in [1.54, 1.807) is 0 Å². The number of carboxylic acids is 1. The minimum Gasteiger partial charge on any atom is -0.481 e. The van der Waals surface area contributed by atoms with Crippen LogP contribution in [0.3, 0.4) is 0 Å². The molecule has 8 nitrogen and oxygen atoms in total. The van der Waals surface area contributed by atoms with E-state index < -0.39 is 5.97 Å². The van der Waals surface area contributed by atoms with Crippen molar-refractivity contribution in [2.45, 2.75) is 6.92 Å². The Morgan fingerprint density at radius 2 is 0.909 bits per heavy atom. The number of rotatable bonds is 0. The molecular formula is C2H16FeO8. The summed E-state index contributed by atoms with van der Waals surface area (Å²) in [5, 5.41) is 7.42. The number of carboxylic acid groups (broad SMARTS) is 1. The summed E-state index contributed by atoms with van der Waals surface area (Å²) in [6.07, 6.45) is 0. The predicted octanol–water partition coefficient (Wildman–Crippen LogP) is -4.86. The van der Waals surface area contributed by atoms with E-state index in [2.05, 4.69) is 0 Å². The maximum atomic E-state index is 9.00. The van der Waals surface area contributed by atoms with Crippen molar-refractivity contribution in [2.24, 2.45) is 0 Å². The summed E-state index contributed by atoms with van der Waals surface area (Å²) >= 11 is 0. The molecule has 0 aliphatic rings. The Labute approximate surface area is 73.5 Å². The molecule has 0 saturated heterocycles. The molecule has 0 aromatic rings. The van der Waals surface area contributed by atoms with Crippen molar-refractivity contribution in [2.75, 3.05) is 0 Å². The molecule has 0 aliphatic heterocycles. The summed E-state index contributed by atoms with van der Waals surface area (Å²) in [5.41, 5.74) is 0. The summed E-state index contributed by atoms with van der Waals surface area (Å²) in [6.45, 7) is 1.08. The standard InChI is InChI=1S/C2H4O2.Fe.6H2O/c1-2(3)4;;;;;;;/h1H3,(H,3,4);;6*1H2. The van der Waals surface area contributed by atoms with E-state index in [0.29, 0.717) is 0 Å². The molecule has 0 aromatic carbocycles. The Kier molecular flexibility index (Phi) is 1210. The average molecular weight is 224 g/mol. The first-order chi connectivity index (χ1) is 1.73. The first-order valence-corrected chi connectivity index (χ1v) is 0.928. The molecule has 0 saturated carbocycles. The van der Waals surface area contributed by atoms with Crippen molar-refractivity contribution in [1.82, 2.24) is 0 Å². The molecule has 11 heavy (non-hydrogen) atoms. The fraction of sp³-hybridized carbons (Fsp3) is 0.500. The summed E-state index contributed by atoms with van der Waals surface area (Å²) in [7, 11) is 0. The van der Waals surface area contributed by atoms with Gasteiger partial charge in [0.25, 0.3) is 5.97 Å². The SMILES string of the molecule is CC(=O)O.O.O.O.O.O.O.[Fe]. The molecule has 13 N–H and O–H groups in total. The van der Waals surface area contributed by atoms with Crippen LogP contribution in [0.4, 0.5) is 0 Å². The van der Waals surface area contributed by atoms with E-state index in [-0.39, 0.29) is 49.9 Å². The molecule has 9 heteroatoms. The number of hydrogen-bond acceptors (Lipinski definition) is 1. The van der Waals surface area contributed by atoms with Gasteiger partial charge < -0.3 is 38.0 Å². The third kappa shape index (κ3) is 9330. The molecule has 0 unspecified atom stereocenters. The summed E-state index contributed by atoms with van der Waals surface area (Å²) < 4.78 is 0. The summed E-state index contributed by atoms with van der Waals surface area (Å²) in [5.74, 6) is -0.833. The molecule has 0 atom stereocenters. The molecule has 0 rings (SSSR count). The first-order valence-electron chi connectivity index (χ1n) is 0.928. The van der Waals surface area contributed by atoms with Crippen molar-refractivity contribution in [3.63, 3.8) is 0 Å². The van der Waals surface area contributed by atoms with Gasteiger partial charge in [0.15, 0.2) is 0 Å². The normalized spacial score (nSPS) is 2.27. The van der Waals surface area contributed by atoms with Crippen LogP contribution in [-0.4, -0.2) is 43.9 Å². The van der Waals surface area contributed by atoms with Crippen molar-refractivity contribution >= 4 is 5.97 Å². The Morgan fingerprint density at radius 3 is 0.909 bits per heavy atom. The molecule has 0 spiro atoms. The van der Waals surface area contributed by atoms with Crippen LogP contribution >= 0.6 is 0 Å². The van der Waals surface area contributed by atoms with Crippen LogP contribution in [0.5, 0.6) is 0 Å². The van der Waals surface area contributed by atoms with Gasteiger partial charge in [-0.15, -0.1) is 0 Å². The second-order valence-corrected chi connectivity index (χ2v) is 0.519. The molecule has 0 aromatic heterocycles. The van der Waals surface area contributed by atoms with Gasteiger partial charge in [-0.1, -0.05) is 0 Å². The van der Waals surface area contributed by atoms with Gasteiger partial charge >= 0.3 is 0 Å². The number of aliphatic carboxylic acids is 1. The molecule has 80 valence electrons. The molecule has 0 bridgehead atoms. The van der Waals surface area contributed by atoms with Gasteiger partial charge in [-0.25, -0.2) is 0 Å². The fourth-order valence-electron chi connectivity index (χ4n) is 0. The van der Waals surface area contributed by atoms with Crippen LogP contribution in [0, 0.1) is 0 Å². The van der Waals surface area contributed by atoms with E-state index in [1.165, 1.54) is 0 Å². The smallest absolute Gasteiger partial charge is 0.300 e.